The maximum absolute atomic E-state index is 13.9. The van der Waals surface area contributed by atoms with Crippen molar-refractivity contribution in [2.45, 2.75) is 51.0 Å². The number of aryl methyl sites for hydroxylation is 2. The highest BCUT2D eigenvalue weighted by Crippen LogP contribution is 2.39. The molecule has 2 atom stereocenters. The van der Waals surface area contributed by atoms with Crippen molar-refractivity contribution in [3.63, 3.8) is 0 Å². The monoisotopic (exact) mass is 593 g/mol. The lowest BCUT2D eigenvalue weighted by molar-refractivity contribution is -0.158. The number of hydrogen-bond acceptors (Lipinski definition) is 7. The Morgan fingerprint density at radius 3 is 2.17 bits per heavy atom. The van der Waals surface area contributed by atoms with E-state index in [1.165, 1.54) is 29.2 Å². The van der Waals surface area contributed by atoms with Crippen LogP contribution in [0.5, 0.6) is 11.5 Å². The standard InChI is InChI=1S/C33H36FNO6S/c1-7-39-31(37)33(4,5)41-30-20(2)16-23(17-21(30)3)27-18-35(32(38)40-25-12-10-24(34)11-13-25)19-28(27)29(36)22-8-14-26(42-6)15-9-22/h8-17,27-28H,7,18-19H2,1-6H3/t27?,28-/m0/s1. The third kappa shape index (κ3) is 6.95. The van der Waals surface area contributed by atoms with Crippen LogP contribution >= 0.6 is 11.8 Å². The van der Waals surface area contributed by atoms with Crippen molar-refractivity contribution < 1.29 is 33.0 Å². The summed E-state index contributed by atoms with van der Waals surface area (Å²) in [5.74, 6) is -1.01. The summed E-state index contributed by atoms with van der Waals surface area (Å²) >= 11 is 1.59. The number of thioether (sulfide) groups is 1. The number of likely N-dealkylation sites (tertiary alicyclic amines) is 1. The molecule has 9 heteroatoms. The van der Waals surface area contributed by atoms with Crippen molar-refractivity contribution in [3.05, 3.63) is 88.7 Å². The van der Waals surface area contributed by atoms with Gasteiger partial charge in [-0.3, -0.25) is 4.79 Å². The van der Waals surface area contributed by atoms with Crippen LogP contribution in [0.2, 0.25) is 0 Å². The Labute approximate surface area is 250 Å². The number of esters is 1. The minimum absolute atomic E-state index is 0.0659. The van der Waals surface area contributed by atoms with Gasteiger partial charge in [-0.2, -0.15) is 0 Å². The Hall–Kier alpha value is -3.85. The summed E-state index contributed by atoms with van der Waals surface area (Å²) in [5, 5.41) is 0. The van der Waals surface area contributed by atoms with E-state index >= 15 is 0 Å². The van der Waals surface area contributed by atoms with Gasteiger partial charge in [-0.15, -0.1) is 11.8 Å². The first kappa shape index (κ1) is 31.1. The highest BCUT2D eigenvalue weighted by Gasteiger charge is 2.42. The number of carbonyl (C=O) groups is 3. The molecule has 222 valence electrons. The van der Waals surface area contributed by atoms with Gasteiger partial charge in [0.05, 0.1) is 6.61 Å². The largest absolute Gasteiger partial charge is 0.476 e. The average molecular weight is 594 g/mol. The first-order valence-corrected chi connectivity index (χ1v) is 15.0. The lowest BCUT2D eigenvalue weighted by atomic mass is 9.82. The molecule has 0 aliphatic carbocycles. The molecule has 0 spiro atoms. The highest BCUT2D eigenvalue weighted by molar-refractivity contribution is 7.98. The van der Waals surface area contributed by atoms with Gasteiger partial charge in [0.25, 0.3) is 0 Å². The zero-order chi connectivity index (χ0) is 30.6. The predicted octanol–water partition coefficient (Wildman–Crippen LogP) is 6.98. The van der Waals surface area contributed by atoms with Crippen molar-refractivity contribution in [1.29, 1.82) is 0 Å². The molecule has 3 aromatic carbocycles. The first-order chi connectivity index (χ1) is 19.9. The fourth-order valence-corrected chi connectivity index (χ4v) is 5.56. The number of rotatable bonds is 9. The second kappa shape index (κ2) is 13.0. The van der Waals surface area contributed by atoms with Crippen LogP contribution in [0, 0.1) is 25.6 Å². The number of nitrogens with zero attached hydrogens (tertiary/aromatic N) is 1. The summed E-state index contributed by atoms with van der Waals surface area (Å²) in [5.41, 5.74) is 1.85. The van der Waals surface area contributed by atoms with E-state index in [4.69, 9.17) is 14.2 Å². The van der Waals surface area contributed by atoms with Crippen LogP contribution in [-0.2, 0) is 9.53 Å². The van der Waals surface area contributed by atoms with E-state index < -0.39 is 29.4 Å². The maximum atomic E-state index is 13.9. The molecule has 3 aromatic rings. The molecule has 0 radical (unpaired) electrons. The molecular formula is C33H36FNO6S. The molecular weight excluding hydrogens is 557 g/mol. The normalized spacial score (nSPS) is 16.7. The molecule has 1 amide bonds. The minimum Gasteiger partial charge on any atom is -0.476 e. The number of Topliss-reactive ketones (excluding diaryl/α,β-unsaturated/α-hetero) is 1. The summed E-state index contributed by atoms with van der Waals surface area (Å²) in [6, 6.07) is 16.6. The SMILES string of the molecule is CCOC(=O)C(C)(C)Oc1c(C)cc(C2CN(C(=O)Oc3ccc(F)cc3)C[C@@H]2C(=O)c2ccc(SC)cc2)cc1C. The molecule has 1 saturated heterocycles. The van der Waals surface area contributed by atoms with E-state index in [0.717, 1.165) is 21.6 Å². The van der Waals surface area contributed by atoms with Gasteiger partial charge in [0.15, 0.2) is 11.4 Å². The molecule has 1 fully saturated rings. The lowest BCUT2D eigenvalue weighted by Crippen LogP contribution is -2.40. The Kier molecular flexibility index (Phi) is 9.61. The number of amides is 1. The smallest absolute Gasteiger partial charge is 0.415 e. The molecule has 0 bridgehead atoms. The van der Waals surface area contributed by atoms with Gasteiger partial charge in [-0.05, 0) is 94.0 Å². The lowest BCUT2D eigenvalue weighted by Gasteiger charge is -2.27. The highest BCUT2D eigenvalue weighted by atomic mass is 32.2. The summed E-state index contributed by atoms with van der Waals surface area (Å²) in [6.07, 6.45) is 1.37. The van der Waals surface area contributed by atoms with E-state index in [2.05, 4.69) is 0 Å². The second-order valence-corrected chi connectivity index (χ2v) is 11.7. The quantitative estimate of drug-likeness (QED) is 0.150. The molecule has 0 N–H and O–H groups in total. The van der Waals surface area contributed by atoms with Crippen LogP contribution in [0.3, 0.4) is 0 Å². The van der Waals surface area contributed by atoms with Gasteiger partial charge in [-0.1, -0.05) is 24.3 Å². The van der Waals surface area contributed by atoms with Gasteiger partial charge < -0.3 is 19.1 Å². The third-order valence-electron chi connectivity index (χ3n) is 7.34. The van der Waals surface area contributed by atoms with E-state index in [0.29, 0.717) is 11.3 Å². The Morgan fingerprint density at radius 1 is 0.976 bits per heavy atom. The topological polar surface area (TPSA) is 82.1 Å². The van der Waals surface area contributed by atoms with Crippen molar-refractivity contribution in [1.82, 2.24) is 4.90 Å². The molecule has 7 nitrogen and oxygen atoms in total. The number of ether oxygens (including phenoxy) is 3. The van der Waals surface area contributed by atoms with Crippen LogP contribution in [0.1, 0.15) is 53.7 Å². The summed E-state index contributed by atoms with van der Waals surface area (Å²) in [4.78, 5) is 42.0. The van der Waals surface area contributed by atoms with Gasteiger partial charge >= 0.3 is 12.1 Å². The first-order valence-electron chi connectivity index (χ1n) is 13.8. The molecule has 1 aliphatic rings. The van der Waals surface area contributed by atoms with Gasteiger partial charge in [0, 0.05) is 35.4 Å². The van der Waals surface area contributed by atoms with Gasteiger partial charge in [-0.25, -0.2) is 14.0 Å². The number of carbonyl (C=O) groups excluding carboxylic acids is 3. The fourth-order valence-electron chi connectivity index (χ4n) is 5.15. The van der Waals surface area contributed by atoms with Crippen molar-refractivity contribution >= 4 is 29.6 Å². The summed E-state index contributed by atoms with van der Waals surface area (Å²) in [6.45, 7) is 9.52. The molecule has 1 heterocycles. The minimum atomic E-state index is -1.19. The van der Waals surface area contributed by atoms with Crippen LogP contribution < -0.4 is 9.47 Å². The fraction of sp³-hybridized carbons (Fsp3) is 0.364. The summed E-state index contributed by atoms with van der Waals surface area (Å²) < 4.78 is 30.2. The van der Waals surface area contributed by atoms with E-state index in [-0.39, 0.29) is 37.1 Å². The van der Waals surface area contributed by atoms with E-state index in [9.17, 15) is 18.8 Å². The van der Waals surface area contributed by atoms with Crippen LogP contribution in [0.25, 0.3) is 0 Å². The van der Waals surface area contributed by atoms with Crippen LogP contribution in [0.15, 0.2) is 65.6 Å². The number of hydrogen-bond donors (Lipinski definition) is 0. The van der Waals surface area contributed by atoms with Crippen molar-refractivity contribution in [2.24, 2.45) is 5.92 Å². The zero-order valence-electron chi connectivity index (χ0n) is 24.7. The average Bonchev–Trinajstić information content (AvgIpc) is 3.42. The van der Waals surface area contributed by atoms with Crippen molar-refractivity contribution in [2.75, 3.05) is 26.0 Å². The van der Waals surface area contributed by atoms with Crippen LogP contribution in [-0.4, -0.2) is 54.3 Å². The molecule has 0 aromatic heterocycles. The van der Waals surface area contributed by atoms with E-state index in [1.807, 2.05) is 56.5 Å². The Bertz CT molecular complexity index is 1430. The molecule has 42 heavy (non-hydrogen) atoms. The van der Waals surface area contributed by atoms with Gasteiger partial charge in [0.1, 0.15) is 17.3 Å². The maximum Gasteiger partial charge on any atom is 0.415 e. The van der Waals surface area contributed by atoms with Crippen LogP contribution in [0.4, 0.5) is 9.18 Å². The number of ketones is 1. The number of benzene rings is 3. The predicted molar refractivity (Wildman–Crippen MR) is 160 cm³/mol. The Balaban J connectivity index is 1.65. The summed E-state index contributed by atoms with van der Waals surface area (Å²) in [7, 11) is 0. The second-order valence-electron chi connectivity index (χ2n) is 10.8. The van der Waals surface area contributed by atoms with Gasteiger partial charge in [0.2, 0.25) is 0 Å². The number of halogens is 1. The van der Waals surface area contributed by atoms with Crippen molar-refractivity contribution in [3.8, 4) is 11.5 Å². The molecule has 0 saturated carbocycles. The third-order valence-corrected chi connectivity index (χ3v) is 8.09. The zero-order valence-corrected chi connectivity index (χ0v) is 25.5. The molecule has 1 aliphatic heterocycles. The van der Waals surface area contributed by atoms with E-state index in [1.54, 1.807) is 32.5 Å². The molecule has 1 unspecified atom stereocenters. The Morgan fingerprint density at radius 2 is 1.60 bits per heavy atom. The molecule has 4 rings (SSSR count).